The van der Waals surface area contributed by atoms with Crippen molar-refractivity contribution in [1.82, 2.24) is 10.3 Å². The third-order valence-corrected chi connectivity index (χ3v) is 2.33. The first kappa shape index (κ1) is 13.2. The molecule has 0 spiro atoms. The molecule has 1 amide bonds. The van der Waals surface area contributed by atoms with Crippen LogP contribution in [0.1, 0.15) is 18.1 Å². The number of aliphatic hydroxyl groups excluding tert-OH is 1. The molecule has 0 saturated carbocycles. The molecule has 0 radical (unpaired) electrons. The number of carboxylic acid groups (broad SMARTS) is 1. The summed E-state index contributed by atoms with van der Waals surface area (Å²) >= 11 is 0. The number of nitrogens with one attached hydrogen (secondary N) is 1. The summed E-state index contributed by atoms with van der Waals surface area (Å²) in [5.74, 6) is 0.427. The summed E-state index contributed by atoms with van der Waals surface area (Å²) in [4.78, 5) is 14.5. The first-order valence-corrected chi connectivity index (χ1v) is 5.19. The molecule has 3 N–H and O–H groups in total. The highest BCUT2D eigenvalue weighted by Crippen LogP contribution is 2.16. The van der Waals surface area contributed by atoms with Crippen LogP contribution >= 0.6 is 0 Å². The van der Waals surface area contributed by atoms with Gasteiger partial charge in [0.15, 0.2) is 0 Å². The van der Waals surface area contributed by atoms with Crippen LogP contribution < -0.4 is 10.1 Å². The normalized spacial score (nSPS) is 11.9. The van der Waals surface area contributed by atoms with Gasteiger partial charge in [0.1, 0.15) is 0 Å². The van der Waals surface area contributed by atoms with Crippen LogP contribution in [0.5, 0.6) is 5.88 Å². The van der Waals surface area contributed by atoms with Crippen LogP contribution in [0.15, 0.2) is 12.3 Å². The van der Waals surface area contributed by atoms with E-state index in [1.165, 1.54) is 7.11 Å². The average Bonchev–Trinajstić information content (AvgIpc) is 2.28. The van der Waals surface area contributed by atoms with E-state index in [0.29, 0.717) is 17.9 Å². The number of aliphatic hydroxyl groups is 1. The van der Waals surface area contributed by atoms with Gasteiger partial charge in [-0.15, -0.1) is 0 Å². The molecule has 1 heterocycles. The van der Waals surface area contributed by atoms with Crippen LogP contribution in [0.4, 0.5) is 4.79 Å². The van der Waals surface area contributed by atoms with E-state index in [2.05, 4.69) is 10.3 Å². The molecule has 1 aromatic rings. The number of methoxy groups -OCH3 is 1. The number of carbonyl (C=O) groups is 1. The second-order valence-corrected chi connectivity index (χ2v) is 3.71. The fourth-order valence-electron chi connectivity index (χ4n) is 1.54. The second kappa shape index (κ2) is 6.05. The molecule has 0 saturated heterocycles. The Balaban J connectivity index is 2.79. The van der Waals surface area contributed by atoms with Gasteiger partial charge in [-0.1, -0.05) is 0 Å². The van der Waals surface area contributed by atoms with Crippen molar-refractivity contribution in [3.8, 4) is 5.88 Å². The Labute approximate surface area is 99.3 Å². The molecule has 6 heteroatoms. The Morgan fingerprint density at radius 1 is 1.59 bits per heavy atom. The average molecular weight is 240 g/mol. The molecule has 1 aromatic heterocycles. The first-order valence-electron chi connectivity index (χ1n) is 5.19. The lowest BCUT2D eigenvalue weighted by molar-refractivity contribution is 0.190. The lowest BCUT2D eigenvalue weighted by Crippen LogP contribution is -2.32. The zero-order valence-electron chi connectivity index (χ0n) is 9.80. The van der Waals surface area contributed by atoms with Crippen LogP contribution in [0.25, 0.3) is 0 Å². The lowest BCUT2D eigenvalue weighted by atomic mass is 10.0. The van der Waals surface area contributed by atoms with Gasteiger partial charge in [-0.05, 0) is 24.5 Å². The summed E-state index contributed by atoms with van der Waals surface area (Å²) in [6.07, 6.45) is 0.994. The number of rotatable bonds is 5. The third-order valence-electron chi connectivity index (χ3n) is 2.33. The molecule has 0 aliphatic rings. The van der Waals surface area contributed by atoms with Crippen molar-refractivity contribution in [2.45, 2.75) is 26.0 Å². The molecule has 0 bridgehead atoms. The molecule has 1 atom stereocenters. The van der Waals surface area contributed by atoms with Crippen molar-refractivity contribution in [3.63, 3.8) is 0 Å². The smallest absolute Gasteiger partial charge is 0.404 e. The highest BCUT2D eigenvalue weighted by molar-refractivity contribution is 5.64. The van der Waals surface area contributed by atoms with Gasteiger partial charge < -0.3 is 20.3 Å². The molecule has 94 valence electrons. The van der Waals surface area contributed by atoms with Gasteiger partial charge in [-0.3, -0.25) is 0 Å². The second-order valence-electron chi connectivity index (χ2n) is 3.71. The van der Waals surface area contributed by atoms with Crippen molar-refractivity contribution >= 4 is 6.09 Å². The fraction of sp³-hybridized carbons (Fsp3) is 0.455. The number of pyridine rings is 1. The van der Waals surface area contributed by atoms with Gasteiger partial charge >= 0.3 is 6.09 Å². The highest BCUT2D eigenvalue weighted by Gasteiger charge is 2.11. The fourth-order valence-corrected chi connectivity index (χ4v) is 1.54. The number of nitrogens with zero attached hydrogens (tertiary/aromatic N) is 1. The van der Waals surface area contributed by atoms with E-state index in [9.17, 15) is 9.90 Å². The predicted molar refractivity (Wildman–Crippen MR) is 61.0 cm³/mol. The number of aromatic nitrogens is 1. The minimum Gasteiger partial charge on any atom is -0.481 e. The molecule has 0 aliphatic carbocycles. The minimum atomic E-state index is -1.07. The van der Waals surface area contributed by atoms with Crippen LogP contribution in [0, 0.1) is 0 Å². The Bertz CT molecular complexity index is 395. The Kier molecular flexibility index (Phi) is 4.71. The Morgan fingerprint density at radius 3 is 2.82 bits per heavy atom. The van der Waals surface area contributed by atoms with E-state index in [1.807, 2.05) is 0 Å². The zero-order chi connectivity index (χ0) is 12.8. The van der Waals surface area contributed by atoms with Crippen LogP contribution in [-0.2, 0) is 13.0 Å². The molecular weight excluding hydrogens is 224 g/mol. The molecule has 0 aliphatic heterocycles. The quantitative estimate of drug-likeness (QED) is 0.707. The Hall–Kier alpha value is -1.82. The summed E-state index contributed by atoms with van der Waals surface area (Å²) < 4.78 is 4.95. The lowest BCUT2D eigenvalue weighted by Gasteiger charge is -2.14. The van der Waals surface area contributed by atoms with Crippen molar-refractivity contribution in [3.05, 3.63) is 23.4 Å². The molecule has 1 rings (SSSR count). The minimum absolute atomic E-state index is 0.131. The zero-order valence-corrected chi connectivity index (χ0v) is 9.80. The van der Waals surface area contributed by atoms with Gasteiger partial charge in [0.05, 0.1) is 13.7 Å². The molecule has 6 nitrogen and oxygen atoms in total. The molecule has 0 fully saturated rings. The predicted octanol–water partition coefficient (Wildman–Crippen LogP) is 0.781. The summed E-state index contributed by atoms with van der Waals surface area (Å²) in [6.45, 7) is 1.62. The van der Waals surface area contributed by atoms with E-state index in [1.54, 1.807) is 19.2 Å². The van der Waals surface area contributed by atoms with Crippen molar-refractivity contribution < 1.29 is 19.7 Å². The van der Waals surface area contributed by atoms with Crippen LogP contribution in [0.3, 0.4) is 0 Å². The van der Waals surface area contributed by atoms with E-state index >= 15 is 0 Å². The SMILES string of the molecule is COc1cc(CO)c(CC(C)NC(=O)O)cn1. The molecular formula is C11H16N2O4. The third kappa shape index (κ3) is 3.92. The topological polar surface area (TPSA) is 91.7 Å². The van der Waals surface area contributed by atoms with E-state index in [0.717, 1.165) is 5.56 Å². The summed E-state index contributed by atoms with van der Waals surface area (Å²) in [5, 5.41) is 20.1. The largest absolute Gasteiger partial charge is 0.481 e. The Morgan fingerprint density at radius 2 is 2.29 bits per heavy atom. The van der Waals surface area contributed by atoms with Gasteiger partial charge in [0, 0.05) is 18.3 Å². The maximum atomic E-state index is 10.5. The maximum Gasteiger partial charge on any atom is 0.404 e. The van der Waals surface area contributed by atoms with Crippen molar-refractivity contribution in [2.75, 3.05) is 7.11 Å². The molecule has 17 heavy (non-hydrogen) atoms. The highest BCUT2D eigenvalue weighted by atomic mass is 16.5. The maximum absolute atomic E-state index is 10.5. The van der Waals surface area contributed by atoms with Gasteiger partial charge in [-0.2, -0.15) is 0 Å². The monoisotopic (exact) mass is 240 g/mol. The van der Waals surface area contributed by atoms with Crippen molar-refractivity contribution in [1.29, 1.82) is 0 Å². The molecule has 0 aromatic carbocycles. The van der Waals surface area contributed by atoms with Crippen LogP contribution in [-0.4, -0.2) is 34.4 Å². The summed E-state index contributed by atoms with van der Waals surface area (Å²) in [6, 6.07) is 1.40. The van der Waals surface area contributed by atoms with E-state index in [-0.39, 0.29) is 12.6 Å². The van der Waals surface area contributed by atoms with E-state index < -0.39 is 6.09 Å². The van der Waals surface area contributed by atoms with Crippen molar-refractivity contribution in [2.24, 2.45) is 0 Å². The van der Waals surface area contributed by atoms with E-state index in [4.69, 9.17) is 9.84 Å². The van der Waals surface area contributed by atoms with Crippen LogP contribution in [0.2, 0.25) is 0 Å². The summed E-state index contributed by atoms with van der Waals surface area (Å²) in [7, 11) is 1.50. The summed E-state index contributed by atoms with van der Waals surface area (Å²) in [5.41, 5.74) is 1.49. The first-order chi connectivity index (χ1) is 8.06. The number of hydrogen-bond donors (Lipinski definition) is 3. The van der Waals surface area contributed by atoms with Gasteiger partial charge in [0.25, 0.3) is 0 Å². The number of ether oxygens (including phenoxy) is 1. The van der Waals surface area contributed by atoms with Gasteiger partial charge in [-0.25, -0.2) is 9.78 Å². The number of amides is 1. The number of hydrogen-bond acceptors (Lipinski definition) is 4. The standard InChI is InChI=1S/C11H16N2O4/c1-7(13-11(15)16)3-8-5-12-10(17-2)4-9(8)6-14/h4-5,7,13-14H,3,6H2,1-2H3,(H,15,16). The van der Waals surface area contributed by atoms with Gasteiger partial charge in [0.2, 0.25) is 5.88 Å². The molecule has 1 unspecified atom stereocenters.